The van der Waals surface area contributed by atoms with E-state index in [0.717, 1.165) is 19.4 Å². The molecule has 0 spiro atoms. The zero-order valence-electron chi connectivity index (χ0n) is 16.6. The molecule has 2 aliphatic rings. The highest BCUT2D eigenvalue weighted by molar-refractivity contribution is 6.01. The second-order valence-electron chi connectivity index (χ2n) is 7.59. The van der Waals surface area contributed by atoms with Crippen LogP contribution in [-0.4, -0.2) is 51.0 Å². The van der Waals surface area contributed by atoms with Crippen molar-refractivity contribution in [2.75, 3.05) is 6.54 Å². The summed E-state index contributed by atoms with van der Waals surface area (Å²) >= 11 is 0. The molecular formula is C21H34N2O3. The van der Waals surface area contributed by atoms with Gasteiger partial charge in [-0.1, -0.05) is 32.4 Å². The van der Waals surface area contributed by atoms with Crippen molar-refractivity contribution in [3.8, 4) is 0 Å². The first-order chi connectivity index (χ1) is 12.4. The maximum Gasteiger partial charge on any atom is 0.253 e. The Morgan fingerprint density at radius 1 is 1.38 bits per heavy atom. The SMILES string of the molecule is C/C=C/C(=O)N(C(=O)CC)C1CCC2(O)C(C=CN(CCCC)[C@@H]2C)C1. The summed E-state index contributed by atoms with van der Waals surface area (Å²) in [4.78, 5) is 28.5. The number of fused-ring (bicyclic) bond motifs is 1. The molecule has 2 rings (SSSR count). The van der Waals surface area contributed by atoms with Gasteiger partial charge >= 0.3 is 0 Å². The molecule has 146 valence electrons. The molecule has 0 aromatic rings. The average molecular weight is 363 g/mol. The van der Waals surface area contributed by atoms with Gasteiger partial charge in [-0.15, -0.1) is 0 Å². The van der Waals surface area contributed by atoms with Crippen LogP contribution in [0.1, 0.15) is 66.2 Å². The Bertz CT molecular complexity index is 572. The number of carbonyl (C=O) groups is 2. The van der Waals surface area contributed by atoms with Gasteiger partial charge in [-0.05, 0) is 51.8 Å². The van der Waals surface area contributed by atoms with Crippen LogP contribution in [0.2, 0.25) is 0 Å². The van der Waals surface area contributed by atoms with Crippen LogP contribution in [0.25, 0.3) is 0 Å². The topological polar surface area (TPSA) is 60.9 Å². The van der Waals surface area contributed by atoms with Gasteiger partial charge in [0.25, 0.3) is 5.91 Å². The first-order valence-electron chi connectivity index (χ1n) is 10.0. The molecule has 1 aliphatic carbocycles. The van der Waals surface area contributed by atoms with E-state index in [1.807, 2.05) is 0 Å². The van der Waals surface area contributed by atoms with E-state index in [1.165, 1.54) is 11.0 Å². The lowest BCUT2D eigenvalue weighted by Gasteiger charge is -2.52. The van der Waals surface area contributed by atoms with Gasteiger partial charge in [0.05, 0.1) is 11.6 Å². The van der Waals surface area contributed by atoms with E-state index in [2.05, 4.69) is 31.0 Å². The minimum absolute atomic E-state index is 0.0281. The van der Waals surface area contributed by atoms with Crippen LogP contribution < -0.4 is 0 Å². The summed E-state index contributed by atoms with van der Waals surface area (Å²) in [5.41, 5.74) is -0.788. The van der Waals surface area contributed by atoms with Crippen molar-refractivity contribution < 1.29 is 14.7 Å². The lowest BCUT2D eigenvalue weighted by molar-refractivity contribution is -0.150. The third kappa shape index (κ3) is 4.03. The van der Waals surface area contributed by atoms with Gasteiger partial charge in [-0.25, -0.2) is 0 Å². The molecule has 26 heavy (non-hydrogen) atoms. The summed E-state index contributed by atoms with van der Waals surface area (Å²) in [6.45, 7) is 8.77. The molecule has 1 fully saturated rings. The van der Waals surface area contributed by atoms with E-state index in [4.69, 9.17) is 0 Å². The number of amides is 2. The third-order valence-electron chi connectivity index (χ3n) is 6.03. The fourth-order valence-electron chi connectivity index (χ4n) is 4.34. The number of aliphatic hydroxyl groups is 1. The molecule has 1 heterocycles. The number of nitrogens with zero attached hydrogens (tertiary/aromatic N) is 2. The largest absolute Gasteiger partial charge is 0.387 e. The summed E-state index contributed by atoms with van der Waals surface area (Å²) in [5, 5.41) is 11.4. The fraction of sp³-hybridized carbons (Fsp3) is 0.714. The van der Waals surface area contributed by atoms with Gasteiger partial charge < -0.3 is 10.0 Å². The van der Waals surface area contributed by atoms with E-state index in [1.54, 1.807) is 19.9 Å². The van der Waals surface area contributed by atoms with Crippen LogP contribution in [0.3, 0.4) is 0 Å². The monoisotopic (exact) mass is 362 g/mol. The number of allylic oxidation sites excluding steroid dienone is 1. The lowest BCUT2D eigenvalue weighted by Crippen LogP contribution is -2.61. The Balaban J connectivity index is 2.19. The fourth-order valence-corrected chi connectivity index (χ4v) is 4.34. The van der Waals surface area contributed by atoms with Crippen molar-refractivity contribution in [1.82, 2.24) is 9.80 Å². The van der Waals surface area contributed by atoms with Crippen LogP contribution in [0.15, 0.2) is 24.4 Å². The van der Waals surface area contributed by atoms with E-state index in [9.17, 15) is 14.7 Å². The normalized spacial score (nSPS) is 31.1. The zero-order chi connectivity index (χ0) is 19.3. The van der Waals surface area contributed by atoms with E-state index in [0.29, 0.717) is 25.7 Å². The lowest BCUT2D eigenvalue weighted by atomic mass is 9.67. The molecule has 0 bridgehead atoms. The van der Waals surface area contributed by atoms with Gasteiger partial charge in [0, 0.05) is 24.9 Å². The standard InChI is InChI=1S/C21H34N2O3/c1-5-8-13-22-14-11-17-15-18(10-12-21(17,26)16(22)4)23(19(24)7-3)20(25)9-6-2/h6,9,11,14,16-18,26H,5,7-8,10,12-13,15H2,1-4H3/b9-6+/t16-,17?,18?,21?/m1/s1. The van der Waals surface area contributed by atoms with Crippen molar-refractivity contribution in [1.29, 1.82) is 0 Å². The highest BCUT2D eigenvalue weighted by Crippen LogP contribution is 2.43. The van der Waals surface area contributed by atoms with Gasteiger partial charge in [0.2, 0.25) is 5.91 Å². The number of carbonyl (C=O) groups excluding carboxylic acids is 2. The molecule has 3 unspecified atom stereocenters. The van der Waals surface area contributed by atoms with Crippen molar-refractivity contribution in [2.24, 2.45) is 5.92 Å². The number of imide groups is 1. The molecule has 1 aliphatic heterocycles. The number of hydrogen-bond donors (Lipinski definition) is 1. The number of hydrogen-bond acceptors (Lipinski definition) is 4. The van der Waals surface area contributed by atoms with Gasteiger partial charge in [0.1, 0.15) is 0 Å². The van der Waals surface area contributed by atoms with Crippen molar-refractivity contribution in [3.05, 3.63) is 24.4 Å². The predicted molar refractivity (Wildman–Crippen MR) is 103 cm³/mol. The molecule has 1 saturated carbocycles. The highest BCUT2D eigenvalue weighted by atomic mass is 16.3. The van der Waals surface area contributed by atoms with Gasteiger partial charge in [-0.3, -0.25) is 14.5 Å². The van der Waals surface area contributed by atoms with E-state index >= 15 is 0 Å². The quantitative estimate of drug-likeness (QED) is 0.737. The Morgan fingerprint density at radius 3 is 2.73 bits per heavy atom. The molecule has 0 saturated heterocycles. The first kappa shape index (κ1) is 20.7. The average Bonchev–Trinajstić information content (AvgIpc) is 2.63. The second kappa shape index (κ2) is 8.85. The van der Waals surface area contributed by atoms with Crippen molar-refractivity contribution in [2.45, 2.75) is 83.9 Å². The van der Waals surface area contributed by atoms with Crippen LogP contribution in [0, 0.1) is 5.92 Å². The molecule has 5 nitrogen and oxygen atoms in total. The smallest absolute Gasteiger partial charge is 0.253 e. The zero-order valence-corrected chi connectivity index (χ0v) is 16.6. The summed E-state index contributed by atoms with van der Waals surface area (Å²) in [6.07, 6.45) is 11.7. The number of unbranched alkanes of at least 4 members (excludes halogenated alkanes) is 1. The van der Waals surface area contributed by atoms with Gasteiger partial charge in [0.15, 0.2) is 0 Å². The van der Waals surface area contributed by atoms with Gasteiger partial charge in [-0.2, -0.15) is 0 Å². The Kier molecular flexibility index (Phi) is 7.04. The highest BCUT2D eigenvalue weighted by Gasteiger charge is 2.50. The Hall–Kier alpha value is -1.62. The molecule has 4 atom stereocenters. The minimum atomic E-state index is -0.788. The molecule has 5 heteroatoms. The Morgan fingerprint density at radius 2 is 2.12 bits per heavy atom. The molecule has 0 radical (unpaired) electrons. The molecule has 0 aromatic heterocycles. The van der Waals surface area contributed by atoms with Crippen molar-refractivity contribution in [3.63, 3.8) is 0 Å². The summed E-state index contributed by atoms with van der Waals surface area (Å²) in [7, 11) is 0. The van der Waals surface area contributed by atoms with Crippen LogP contribution in [0.5, 0.6) is 0 Å². The molecular weight excluding hydrogens is 328 g/mol. The molecule has 1 N–H and O–H groups in total. The van der Waals surface area contributed by atoms with E-state index in [-0.39, 0.29) is 29.8 Å². The number of rotatable bonds is 6. The third-order valence-corrected chi connectivity index (χ3v) is 6.03. The Labute approximate surface area is 157 Å². The maximum absolute atomic E-state index is 12.4. The first-order valence-corrected chi connectivity index (χ1v) is 10.0. The molecule has 0 aromatic carbocycles. The summed E-state index contributed by atoms with van der Waals surface area (Å²) in [5.74, 6) is -0.409. The maximum atomic E-state index is 12.4. The predicted octanol–water partition coefficient (Wildman–Crippen LogP) is 3.25. The van der Waals surface area contributed by atoms with E-state index < -0.39 is 5.60 Å². The minimum Gasteiger partial charge on any atom is -0.387 e. The molecule has 2 amide bonds. The second-order valence-corrected chi connectivity index (χ2v) is 7.59. The van der Waals surface area contributed by atoms with Crippen LogP contribution >= 0.6 is 0 Å². The summed E-state index contributed by atoms with van der Waals surface area (Å²) in [6, 6.07) is -0.0953. The summed E-state index contributed by atoms with van der Waals surface area (Å²) < 4.78 is 0. The van der Waals surface area contributed by atoms with Crippen LogP contribution in [-0.2, 0) is 9.59 Å². The van der Waals surface area contributed by atoms with Crippen LogP contribution in [0.4, 0.5) is 0 Å². The van der Waals surface area contributed by atoms with Crippen molar-refractivity contribution >= 4 is 11.8 Å².